The smallest absolute Gasteiger partial charge is 0.102 e. The molecule has 4 aliphatic heterocycles. The minimum absolute atomic E-state index is 0.211. The van der Waals surface area contributed by atoms with Crippen molar-refractivity contribution in [2.45, 2.75) is 50.1 Å². The van der Waals surface area contributed by atoms with Gasteiger partial charge < -0.3 is 9.47 Å². The van der Waals surface area contributed by atoms with Crippen molar-refractivity contribution in [1.29, 1.82) is 0 Å². The minimum Gasteiger partial charge on any atom is -0.365 e. The molecule has 10 rings (SSSR count). The van der Waals surface area contributed by atoms with E-state index in [2.05, 4.69) is 149 Å². The van der Waals surface area contributed by atoms with Gasteiger partial charge in [-0.2, -0.15) is 0 Å². The molecule has 6 atom stereocenters. The highest BCUT2D eigenvalue weighted by atomic mass is 79.9. The highest BCUT2D eigenvalue weighted by Gasteiger charge is 2.53. The third-order valence-electron chi connectivity index (χ3n) is 9.61. The summed E-state index contributed by atoms with van der Waals surface area (Å²) in [5.74, 6) is 1.29. The summed E-state index contributed by atoms with van der Waals surface area (Å²) < 4.78 is 16.7. The van der Waals surface area contributed by atoms with Gasteiger partial charge in [-0.15, -0.1) is 0 Å². The third-order valence-corrected chi connectivity index (χ3v) is 11.6. The van der Waals surface area contributed by atoms with Crippen LogP contribution in [0.15, 0.2) is 103 Å². The zero-order valence-electron chi connectivity index (χ0n) is 22.7. The largest absolute Gasteiger partial charge is 0.365 e. The molecule has 0 saturated carbocycles. The van der Waals surface area contributed by atoms with Gasteiger partial charge in [-0.05, 0) is 131 Å². The molecule has 6 unspecified atom stereocenters. The van der Waals surface area contributed by atoms with Crippen LogP contribution in [0.1, 0.15) is 68.9 Å². The van der Waals surface area contributed by atoms with Gasteiger partial charge in [0.2, 0.25) is 0 Å². The second-order valence-corrected chi connectivity index (χ2v) is 15.6. The molecule has 2 aliphatic carbocycles. The van der Waals surface area contributed by atoms with E-state index in [0.29, 0.717) is 24.0 Å². The fourth-order valence-electron chi connectivity index (χ4n) is 7.50. The first kappa shape index (κ1) is 28.0. The molecule has 4 bridgehead atoms. The van der Waals surface area contributed by atoms with Crippen molar-refractivity contribution in [2.75, 3.05) is 0 Å². The van der Waals surface area contributed by atoms with Crippen LogP contribution in [-0.2, 0) is 35.2 Å². The monoisotopic (exact) mass is 808 g/mol. The van der Waals surface area contributed by atoms with E-state index >= 15 is 0 Å². The summed E-state index contributed by atoms with van der Waals surface area (Å²) in [5, 5.41) is 0. The first-order valence-corrected chi connectivity index (χ1v) is 17.7. The lowest BCUT2D eigenvalue weighted by molar-refractivity contribution is 0.0546. The Kier molecular flexibility index (Phi) is 7.40. The Bertz CT molecular complexity index is 1750. The number of halogens is 4. The predicted octanol–water partition coefficient (Wildman–Crippen LogP) is 11.0. The molecule has 212 valence electrons. The van der Waals surface area contributed by atoms with E-state index in [1.54, 1.807) is 0 Å². The van der Waals surface area contributed by atoms with E-state index in [-0.39, 0.29) is 12.2 Å². The molecule has 0 spiro atoms. The average Bonchev–Trinajstić information content (AvgIpc) is 3.75. The van der Waals surface area contributed by atoms with Crippen LogP contribution in [-0.4, -0.2) is 0 Å². The highest BCUT2D eigenvalue weighted by molar-refractivity contribution is 9.11. The first-order chi connectivity index (χ1) is 20.4. The van der Waals surface area contributed by atoms with Crippen LogP contribution in [0.3, 0.4) is 0 Å². The number of hydrogen-bond donors (Lipinski definition) is 0. The van der Waals surface area contributed by atoms with Gasteiger partial charge >= 0.3 is 0 Å². The van der Waals surface area contributed by atoms with Gasteiger partial charge in [0.05, 0.1) is 12.2 Å². The van der Waals surface area contributed by atoms with Crippen LogP contribution < -0.4 is 0 Å². The topological polar surface area (TPSA) is 18.5 Å². The van der Waals surface area contributed by atoms with Crippen LogP contribution >= 0.6 is 63.7 Å². The molecular formula is C36H28Br4O2. The maximum atomic E-state index is 6.37. The zero-order valence-corrected chi connectivity index (χ0v) is 29.0. The molecule has 0 radical (unpaired) electrons. The van der Waals surface area contributed by atoms with E-state index in [1.165, 1.54) is 66.3 Å². The molecule has 4 aromatic carbocycles. The maximum Gasteiger partial charge on any atom is 0.102 e. The van der Waals surface area contributed by atoms with Gasteiger partial charge in [-0.3, -0.25) is 0 Å². The third kappa shape index (κ3) is 4.95. The van der Waals surface area contributed by atoms with Crippen molar-refractivity contribution in [2.24, 2.45) is 11.8 Å². The Hall–Kier alpha value is -1.54. The van der Waals surface area contributed by atoms with Gasteiger partial charge in [0.25, 0.3) is 0 Å². The average molecular weight is 812 g/mol. The molecule has 0 N–H and O–H groups in total. The Morgan fingerprint density at radius 3 is 1.64 bits per heavy atom. The fourth-order valence-corrected chi connectivity index (χ4v) is 9.07. The molecule has 42 heavy (non-hydrogen) atoms. The normalized spacial score (nSPS) is 27.3. The second-order valence-electron chi connectivity index (χ2n) is 11.9. The van der Waals surface area contributed by atoms with E-state index in [0.717, 1.165) is 21.8 Å². The Morgan fingerprint density at radius 2 is 0.976 bits per heavy atom. The van der Waals surface area contributed by atoms with Crippen LogP contribution in [0.4, 0.5) is 0 Å². The summed E-state index contributed by atoms with van der Waals surface area (Å²) >= 11 is 14.1. The van der Waals surface area contributed by atoms with E-state index in [4.69, 9.17) is 9.47 Å². The number of ether oxygens (including phenoxy) is 2. The SMILES string of the molecule is Brc1ccc2c(c1)C1C=CC2O1.Brc1ccc2c(c1)CC1C3OC(c4cc(Br)ccc43)C1C2.Brc1ccc2c(c1)CC2. The maximum absolute atomic E-state index is 6.37. The second kappa shape index (κ2) is 11.1. The molecule has 4 heterocycles. The Labute approximate surface area is 280 Å². The predicted molar refractivity (Wildman–Crippen MR) is 181 cm³/mol. The van der Waals surface area contributed by atoms with Crippen LogP contribution in [0.5, 0.6) is 0 Å². The lowest BCUT2D eigenvalue weighted by Crippen LogP contribution is -2.29. The van der Waals surface area contributed by atoms with Gasteiger partial charge in [0.15, 0.2) is 0 Å². The zero-order chi connectivity index (χ0) is 28.5. The summed E-state index contributed by atoms with van der Waals surface area (Å²) in [6.45, 7) is 0. The van der Waals surface area contributed by atoms with Crippen LogP contribution in [0.2, 0.25) is 0 Å². The summed E-state index contributed by atoms with van der Waals surface area (Å²) in [7, 11) is 0. The summed E-state index contributed by atoms with van der Waals surface area (Å²) in [6, 6.07) is 26.2. The summed E-state index contributed by atoms with van der Waals surface area (Å²) in [4.78, 5) is 0. The molecule has 4 aromatic rings. The molecule has 1 fully saturated rings. The number of benzene rings is 4. The van der Waals surface area contributed by atoms with Crippen LogP contribution in [0, 0.1) is 11.8 Å². The van der Waals surface area contributed by atoms with Crippen LogP contribution in [0.25, 0.3) is 0 Å². The number of hydrogen-bond acceptors (Lipinski definition) is 2. The Balaban J connectivity index is 0.000000107. The summed E-state index contributed by atoms with van der Waals surface area (Å²) in [5.41, 5.74) is 11.5. The lowest BCUT2D eigenvalue weighted by atomic mass is 9.67. The van der Waals surface area contributed by atoms with E-state index < -0.39 is 0 Å². The van der Waals surface area contributed by atoms with Gasteiger partial charge in [-0.1, -0.05) is 100 Å². The van der Waals surface area contributed by atoms with Crippen molar-refractivity contribution in [3.05, 3.63) is 147 Å². The molecule has 6 heteroatoms. The Morgan fingerprint density at radius 1 is 0.452 bits per heavy atom. The van der Waals surface area contributed by atoms with Gasteiger partial charge in [-0.25, -0.2) is 0 Å². The van der Waals surface area contributed by atoms with Crippen molar-refractivity contribution in [3.63, 3.8) is 0 Å². The number of rotatable bonds is 0. The molecule has 2 nitrogen and oxygen atoms in total. The quantitative estimate of drug-likeness (QED) is 0.165. The lowest BCUT2D eigenvalue weighted by Gasteiger charge is -2.34. The van der Waals surface area contributed by atoms with Crippen molar-refractivity contribution < 1.29 is 9.47 Å². The summed E-state index contributed by atoms with van der Waals surface area (Å²) in [6.07, 6.45) is 10.1. The number of aryl methyl sites for hydroxylation is 2. The van der Waals surface area contributed by atoms with Gasteiger partial charge in [0, 0.05) is 17.9 Å². The highest BCUT2D eigenvalue weighted by Crippen LogP contribution is 2.60. The van der Waals surface area contributed by atoms with E-state index in [1.807, 2.05) is 0 Å². The van der Waals surface area contributed by atoms with Crippen molar-refractivity contribution >= 4 is 63.7 Å². The number of fused-ring (bicyclic) bond motifs is 15. The van der Waals surface area contributed by atoms with Gasteiger partial charge in [0.1, 0.15) is 12.2 Å². The molecular weight excluding hydrogens is 784 g/mol. The molecule has 1 saturated heterocycles. The minimum atomic E-state index is 0.211. The molecule has 0 amide bonds. The molecule has 6 aliphatic rings. The fraction of sp³-hybridized carbons (Fsp3) is 0.278. The van der Waals surface area contributed by atoms with Crippen molar-refractivity contribution in [1.82, 2.24) is 0 Å². The van der Waals surface area contributed by atoms with Crippen molar-refractivity contribution in [3.8, 4) is 0 Å². The van der Waals surface area contributed by atoms with E-state index in [9.17, 15) is 0 Å². The standard InChI is InChI=1S/C18H14Br2O.C10H7BrO.C8H7Br/c19-11-2-1-9-6-14-15(7-10(9)5-11)17-13-4-3-12(20)8-16(13)18(14)21-17;11-6-1-2-7-8(5-6)10-4-3-9(7)12-10;9-8-4-3-6-1-2-7(6)5-8/h1-5,8,14-15,17-18H,6-7H2;1-5,9-10H;3-5H,1-2H2. The first-order valence-electron chi connectivity index (χ1n) is 14.5. The molecule has 0 aromatic heterocycles.